The SMILES string of the molecule is Cc1nc(-c2cccs2)c(CCC(=O)O)o1. The third kappa shape index (κ3) is 2.30. The number of oxazole rings is 1. The minimum absolute atomic E-state index is 0.0625. The number of carboxylic acid groups (broad SMARTS) is 1. The maximum atomic E-state index is 10.5. The van der Waals surface area contributed by atoms with Crippen LogP contribution in [0.15, 0.2) is 21.9 Å². The standard InChI is InChI=1S/C11H11NO3S/c1-7-12-11(9-3-2-6-16-9)8(15-7)4-5-10(13)14/h2-3,6H,4-5H2,1H3,(H,13,14). The van der Waals surface area contributed by atoms with E-state index in [1.807, 2.05) is 17.5 Å². The van der Waals surface area contributed by atoms with Gasteiger partial charge in [-0.1, -0.05) is 6.07 Å². The number of rotatable bonds is 4. The topological polar surface area (TPSA) is 63.3 Å². The summed E-state index contributed by atoms with van der Waals surface area (Å²) in [4.78, 5) is 15.8. The zero-order valence-corrected chi connectivity index (χ0v) is 9.58. The van der Waals surface area contributed by atoms with E-state index in [0.717, 1.165) is 10.6 Å². The lowest BCUT2D eigenvalue weighted by molar-refractivity contribution is -0.137. The summed E-state index contributed by atoms with van der Waals surface area (Å²) in [5, 5.41) is 10.6. The van der Waals surface area contributed by atoms with Crippen molar-refractivity contribution in [1.29, 1.82) is 0 Å². The number of aryl methyl sites for hydroxylation is 2. The molecule has 0 aromatic carbocycles. The van der Waals surface area contributed by atoms with Gasteiger partial charge in [-0.15, -0.1) is 11.3 Å². The fourth-order valence-electron chi connectivity index (χ4n) is 1.46. The molecule has 0 radical (unpaired) electrons. The molecule has 2 rings (SSSR count). The highest BCUT2D eigenvalue weighted by molar-refractivity contribution is 7.13. The van der Waals surface area contributed by atoms with Crippen LogP contribution >= 0.6 is 11.3 Å². The Labute approximate surface area is 96.6 Å². The molecule has 0 unspecified atom stereocenters. The van der Waals surface area contributed by atoms with Crippen molar-refractivity contribution in [1.82, 2.24) is 4.98 Å². The second-order valence-corrected chi connectivity index (χ2v) is 4.32. The van der Waals surface area contributed by atoms with E-state index in [2.05, 4.69) is 4.98 Å². The summed E-state index contributed by atoms with van der Waals surface area (Å²) in [5.41, 5.74) is 0.772. The van der Waals surface area contributed by atoms with E-state index in [0.29, 0.717) is 18.1 Å². The molecule has 0 atom stereocenters. The molecule has 16 heavy (non-hydrogen) atoms. The summed E-state index contributed by atoms with van der Waals surface area (Å²) in [6.07, 6.45) is 0.441. The van der Waals surface area contributed by atoms with Crippen molar-refractivity contribution in [2.75, 3.05) is 0 Å². The van der Waals surface area contributed by atoms with Crippen molar-refractivity contribution >= 4 is 17.3 Å². The molecule has 0 amide bonds. The van der Waals surface area contributed by atoms with Crippen LogP contribution in [0.3, 0.4) is 0 Å². The fourth-order valence-corrected chi connectivity index (χ4v) is 2.20. The molecule has 0 spiro atoms. The minimum atomic E-state index is -0.828. The van der Waals surface area contributed by atoms with Gasteiger partial charge < -0.3 is 9.52 Å². The molecule has 2 heterocycles. The number of carbonyl (C=O) groups is 1. The fraction of sp³-hybridized carbons (Fsp3) is 0.273. The Hall–Kier alpha value is -1.62. The average molecular weight is 237 g/mol. The van der Waals surface area contributed by atoms with Crippen molar-refractivity contribution < 1.29 is 14.3 Å². The lowest BCUT2D eigenvalue weighted by atomic mass is 10.2. The smallest absolute Gasteiger partial charge is 0.303 e. The van der Waals surface area contributed by atoms with Crippen LogP contribution in [-0.2, 0) is 11.2 Å². The predicted molar refractivity (Wildman–Crippen MR) is 60.5 cm³/mol. The number of nitrogens with zero attached hydrogens (tertiary/aromatic N) is 1. The van der Waals surface area contributed by atoms with Gasteiger partial charge in [-0.25, -0.2) is 4.98 Å². The maximum Gasteiger partial charge on any atom is 0.303 e. The molecule has 2 aromatic rings. The first-order valence-corrected chi connectivity index (χ1v) is 5.77. The van der Waals surface area contributed by atoms with Gasteiger partial charge in [-0.05, 0) is 11.4 Å². The Kier molecular flexibility index (Phi) is 3.05. The van der Waals surface area contributed by atoms with Crippen molar-refractivity contribution in [2.24, 2.45) is 0 Å². The minimum Gasteiger partial charge on any atom is -0.481 e. The van der Waals surface area contributed by atoms with Gasteiger partial charge in [0.05, 0.1) is 11.3 Å². The van der Waals surface area contributed by atoms with E-state index in [9.17, 15) is 4.79 Å². The van der Waals surface area contributed by atoms with Crippen molar-refractivity contribution in [3.63, 3.8) is 0 Å². The molecule has 0 aliphatic carbocycles. The van der Waals surface area contributed by atoms with E-state index in [1.165, 1.54) is 0 Å². The lowest BCUT2D eigenvalue weighted by Crippen LogP contribution is -1.97. The number of hydrogen-bond donors (Lipinski definition) is 1. The summed E-state index contributed by atoms with van der Waals surface area (Å²) in [6.45, 7) is 1.77. The van der Waals surface area contributed by atoms with Crippen LogP contribution in [0.25, 0.3) is 10.6 Å². The number of carboxylic acids is 1. The number of hydrogen-bond acceptors (Lipinski definition) is 4. The van der Waals surface area contributed by atoms with E-state index in [4.69, 9.17) is 9.52 Å². The number of aliphatic carboxylic acids is 1. The van der Waals surface area contributed by atoms with Gasteiger partial charge in [0.25, 0.3) is 0 Å². The molecule has 0 bridgehead atoms. The Morgan fingerprint density at radius 1 is 1.62 bits per heavy atom. The van der Waals surface area contributed by atoms with Crippen molar-refractivity contribution in [3.8, 4) is 10.6 Å². The van der Waals surface area contributed by atoms with Gasteiger partial charge >= 0.3 is 5.97 Å². The molecular weight excluding hydrogens is 226 g/mol. The molecule has 84 valence electrons. The van der Waals surface area contributed by atoms with Crippen LogP contribution in [-0.4, -0.2) is 16.1 Å². The third-order valence-corrected chi connectivity index (χ3v) is 3.00. The zero-order chi connectivity index (χ0) is 11.5. The highest BCUT2D eigenvalue weighted by Crippen LogP contribution is 2.28. The first-order valence-electron chi connectivity index (χ1n) is 4.89. The van der Waals surface area contributed by atoms with Crippen molar-refractivity contribution in [3.05, 3.63) is 29.2 Å². The van der Waals surface area contributed by atoms with Gasteiger partial charge in [0.15, 0.2) is 5.89 Å². The van der Waals surface area contributed by atoms with Gasteiger partial charge in [0, 0.05) is 13.3 Å². The Bertz CT molecular complexity index is 487. The lowest BCUT2D eigenvalue weighted by Gasteiger charge is -1.96. The second-order valence-electron chi connectivity index (χ2n) is 3.38. The predicted octanol–water partition coefficient (Wildman–Crippen LogP) is 2.73. The van der Waals surface area contributed by atoms with Crippen LogP contribution in [0, 0.1) is 6.92 Å². The molecule has 0 saturated heterocycles. The maximum absolute atomic E-state index is 10.5. The van der Waals surface area contributed by atoms with Crippen LogP contribution < -0.4 is 0 Å². The number of aromatic nitrogens is 1. The number of thiophene rings is 1. The van der Waals surface area contributed by atoms with Gasteiger partial charge in [-0.2, -0.15) is 0 Å². The van der Waals surface area contributed by atoms with Gasteiger partial charge in [0.1, 0.15) is 11.5 Å². The Balaban J connectivity index is 2.27. The third-order valence-electron chi connectivity index (χ3n) is 2.12. The van der Waals surface area contributed by atoms with E-state index >= 15 is 0 Å². The first-order chi connectivity index (χ1) is 7.66. The normalized spacial score (nSPS) is 10.6. The molecule has 1 N–H and O–H groups in total. The van der Waals surface area contributed by atoms with Crippen LogP contribution in [0.1, 0.15) is 18.1 Å². The molecule has 0 saturated carbocycles. The monoisotopic (exact) mass is 237 g/mol. The van der Waals surface area contributed by atoms with Crippen LogP contribution in [0.2, 0.25) is 0 Å². The molecule has 5 heteroatoms. The first kappa shape index (κ1) is 10.9. The van der Waals surface area contributed by atoms with Crippen LogP contribution in [0.4, 0.5) is 0 Å². The highest BCUT2D eigenvalue weighted by Gasteiger charge is 2.14. The molecule has 4 nitrogen and oxygen atoms in total. The summed E-state index contributed by atoms with van der Waals surface area (Å²) in [5.74, 6) is 0.400. The quantitative estimate of drug-likeness (QED) is 0.888. The summed E-state index contributed by atoms with van der Waals surface area (Å²) >= 11 is 1.57. The van der Waals surface area contributed by atoms with E-state index in [1.54, 1.807) is 18.3 Å². The molecule has 0 aliphatic rings. The Morgan fingerprint density at radius 2 is 2.44 bits per heavy atom. The second kappa shape index (κ2) is 4.49. The van der Waals surface area contributed by atoms with E-state index < -0.39 is 5.97 Å². The molecule has 0 aliphatic heterocycles. The van der Waals surface area contributed by atoms with Gasteiger partial charge in [0.2, 0.25) is 0 Å². The van der Waals surface area contributed by atoms with E-state index in [-0.39, 0.29) is 6.42 Å². The molecule has 0 fully saturated rings. The summed E-state index contributed by atoms with van der Waals surface area (Å²) in [7, 11) is 0. The van der Waals surface area contributed by atoms with Crippen molar-refractivity contribution in [2.45, 2.75) is 19.8 Å². The molecular formula is C11H11NO3S. The van der Waals surface area contributed by atoms with Gasteiger partial charge in [-0.3, -0.25) is 4.79 Å². The summed E-state index contributed by atoms with van der Waals surface area (Å²) < 4.78 is 5.42. The largest absolute Gasteiger partial charge is 0.481 e. The summed E-state index contributed by atoms with van der Waals surface area (Å²) in [6, 6.07) is 3.89. The molecule has 2 aromatic heterocycles. The zero-order valence-electron chi connectivity index (χ0n) is 8.77. The Morgan fingerprint density at radius 3 is 3.06 bits per heavy atom. The average Bonchev–Trinajstić information content (AvgIpc) is 2.82. The van der Waals surface area contributed by atoms with Crippen LogP contribution in [0.5, 0.6) is 0 Å². The highest BCUT2D eigenvalue weighted by atomic mass is 32.1.